The van der Waals surface area contributed by atoms with E-state index in [1.54, 1.807) is 0 Å². The van der Waals surface area contributed by atoms with Gasteiger partial charge in [-0.2, -0.15) is 4.91 Å². The highest BCUT2D eigenvalue weighted by Gasteiger charge is 2.36. The fourth-order valence-corrected chi connectivity index (χ4v) is 1.59. The van der Waals surface area contributed by atoms with E-state index in [0.717, 1.165) is 12.8 Å². The summed E-state index contributed by atoms with van der Waals surface area (Å²) in [5, 5.41) is 2.90. The third kappa shape index (κ3) is 1.67. The second-order valence-corrected chi connectivity index (χ2v) is 3.62. The Morgan fingerprint density at radius 1 is 1.33 bits per heavy atom. The van der Waals surface area contributed by atoms with E-state index < -0.39 is 17.3 Å². The van der Waals surface area contributed by atoms with Crippen LogP contribution in [0.4, 0.5) is 5.82 Å². The Morgan fingerprint density at radius 2 is 2.00 bits per heavy atom. The number of anilines is 1. The summed E-state index contributed by atoms with van der Waals surface area (Å²) >= 11 is 0. The zero-order valence-electron chi connectivity index (χ0n) is 7.82. The van der Waals surface area contributed by atoms with Gasteiger partial charge in [0.25, 0.3) is 5.56 Å². The average molecular weight is 210 g/mol. The molecule has 0 spiro atoms. The van der Waals surface area contributed by atoms with Crippen molar-refractivity contribution in [1.29, 1.82) is 0 Å². The number of rotatable bonds is 3. The van der Waals surface area contributed by atoms with Crippen molar-refractivity contribution in [3.63, 3.8) is 0 Å². The molecule has 0 radical (unpaired) electrons. The van der Waals surface area contributed by atoms with E-state index in [4.69, 9.17) is 5.73 Å². The molecule has 0 aromatic carbocycles. The van der Waals surface area contributed by atoms with Crippen molar-refractivity contribution in [1.82, 2.24) is 9.97 Å². The van der Waals surface area contributed by atoms with Gasteiger partial charge in [0, 0.05) is 0 Å². The summed E-state index contributed by atoms with van der Waals surface area (Å²) in [6.07, 6.45) is 1.71. The molecule has 1 saturated carbocycles. The maximum atomic E-state index is 11.4. The van der Waals surface area contributed by atoms with Crippen molar-refractivity contribution in [2.75, 3.05) is 5.73 Å². The van der Waals surface area contributed by atoms with Gasteiger partial charge in [-0.25, -0.2) is 4.79 Å². The van der Waals surface area contributed by atoms with E-state index in [1.165, 1.54) is 0 Å². The molecule has 0 amide bonds. The number of nitroso groups, excluding NO2 is 1. The molecule has 0 aliphatic heterocycles. The first kappa shape index (κ1) is 9.63. The summed E-state index contributed by atoms with van der Waals surface area (Å²) in [6.45, 7) is 0. The molecule has 1 aliphatic carbocycles. The Kier molecular flexibility index (Phi) is 2.14. The van der Waals surface area contributed by atoms with Crippen LogP contribution < -0.4 is 17.0 Å². The Bertz CT molecular complexity index is 499. The number of aromatic amines is 2. The van der Waals surface area contributed by atoms with Gasteiger partial charge in [0.2, 0.25) is 0 Å². The zero-order valence-corrected chi connectivity index (χ0v) is 7.82. The number of H-pyrrole nitrogens is 2. The van der Waals surface area contributed by atoms with Gasteiger partial charge < -0.3 is 5.73 Å². The number of nitrogens with two attached hydrogens (primary N) is 1. The number of hydrogen-bond donors (Lipinski definition) is 3. The van der Waals surface area contributed by atoms with Gasteiger partial charge in [-0.05, 0) is 18.8 Å². The van der Waals surface area contributed by atoms with Gasteiger partial charge in [-0.3, -0.25) is 14.8 Å². The molecule has 7 nitrogen and oxygen atoms in total. The monoisotopic (exact) mass is 210 g/mol. The lowest BCUT2D eigenvalue weighted by Crippen LogP contribution is -2.29. The molecular weight excluding hydrogens is 200 g/mol. The number of hydrogen-bond acceptors (Lipinski definition) is 5. The van der Waals surface area contributed by atoms with Crippen LogP contribution in [0, 0.1) is 10.8 Å². The van der Waals surface area contributed by atoms with Crippen molar-refractivity contribution < 1.29 is 0 Å². The topological polar surface area (TPSA) is 121 Å². The van der Waals surface area contributed by atoms with E-state index in [0.29, 0.717) is 0 Å². The molecule has 1 aliphatic rings. The molecule has 1 fully saturated rings. The maximum Gasteiger partial charge on any atom is 0.327 e. The molecule has 1 heterocycles. The minimum atomic E-state index is -0.745. The predicted octanol–water partition coefficient (Wildman–Crippen LogP) is -0.137. The first-order valence-electron chi connectivity index (χ1n) is 4.58. The summed E-state index contributed by atoms with van der Waals surface area (Å²) in [7, 11) is 0. The van der Waals surface area contributed by atoms with E-state index in [1.807, 2.05) is 4.98 Å². The van der Waals surface area contributed by atoms with Crippen molar-refractivity contribution in [2.24, 2.45) is 11.1 Å². The van der Waals surface area contributed by atoms with Crippen molar-refractivity contribution >= 4 is 5.82 Å². The Morgan fingerprint density at radius 3 is 2.47 bits per heavy atom. The average Bonchev–Trinajstić information content (AvgIpc) is 2.94. The maximum absolute atomic E-state index is 11.4. The fraction of sp³-hybridized carbons (Fsp3) is 0.500. The van der Waals surface area contributed by atoms with Crippen LogP contribution in [0.1, 0.15) is 24.4 Å². The highest BCUT2D eigenvalue weighted by atomic mass is 16.3. The molecule has 1 aromatic rings. The second-order valence-electron chi connectivity index (χ2n) is 3.62. The van der Waals surface area contributed by atoms with Crippen LogP contribution >= 0.6 is 0 Å². The molecule has 1 atom stereocenters. The van der Waals surface area contributed by atoms with E-state index in [-0.39, 0.29) is 17.3 Å². The van der Waals surface area contributed by atoms with Crippen LogP contribution in [0.15, 0.2) is 14.8 Å². The van der Waals surface area contributed by atoms with Crippen molar-refractivity contribution in [3.05, 3.63) is 31.3 Å². The second kappa shape index (κ2) is 3.34. The van der Waals surface area contributed by atoms with E-state index >= 15 is 0 Å². The predicted molar refractivity (Wildman–Crippen MR) is 53.4 cm³/mol. The van der Waals surface area contributed by atoms with Crippen LogP contribution in [0.2, 0.25) is 0 Å². The summed E-state index contributed by atoms with van der Waals surface area (Å²) in [4.78, 5) is 37.2. The molecule has 4 N–H and O–H groups in total. The van der Waals surface area contributed by atoms with Crippen molar-refractivity contribution in [3.8, 4) is 0 Å². The largest absolute Gasteiger partial charge is 0.385 e. The highest BCUT2D eigenvalue weighted by Crippen LogP contribution is 2.43. The van der Waals surface area contributed by atoms with Crippen LogP contribution in [0.3, 0.4) is 0 Å². The Labute approximate surface area is 83.7 Å². The zero-order chi connectivity index (χ0) is 11.0. The minimum Gasteiger partial charge on any atom is -0.385 e. The standard InChI is InChI=1S/C8H10N4O3/c9-6-4(5(12-15)3-1-2-3)7(13)11-8(14)10-6/h3,5H,1-2H2,(H4,9,10,11,13,14). The number of nitrogen functional groups attached to an aromatic ring is 1. The van der Waals surface area contributed by atoms with E-state index in [9.17, 15) is 14.5 Å². The summed E-state index contributed by atoms with van der Waals surface area (Å²) in [5.41, 5.74) is 4.26. The van der Waals surface area contributed by atoms with Gasteiger partial charge in [0.15, 0.2) is 0 Å². The molecule has 0 bridgehead atoms. The molecule has 15 heavy (non-hydrogen) atoms. The van der Waals surface area contributed by atoms with Crippen LogP contribution in [0.25, 0.3) is 0 Å². The number of nitrogens with zero attached hydrogens (tertiary/aromatic N) is 1. The SMILES string of the molecule is Nc1[nH]c(=O)[nH]c(=O)c1C(N=O)C1CC1. The van der Waals surface area contributed by atoms with Gasteiger partial charge in [-0.1, -0.05) is 5.18 Å². The number of nitrogens with one attached hydrogen (secondary N) is 2. The summed E-state index contributed by atoms with van der Waals surface area (Å²) < 4.78 is 0. The molecule has 1 unspecified atom stereocenters. The Balaban J connectivity index is 2.55. The quantitative estimate of drug-likeness (QED) is 0.601. The lowest BCUT2D eigenvalue weighted by atomic mass is 10.1. The molecule has 7 heteroatoms. The van der Waals surface area contributed by atoms with Gasteiger partial charge in [0.1, 0.15) is 11.9 Å². The third-order valence-corrected chi connectivity index (χ3v) is 2.49. The van der Waals surface area contributed by atoms with Crippen LogP contribution in [-0.2, 0) is 0 Å². The van der Waals surface area contributed by atoms with Gasteiger partial charge in [0.05, 0.1) is 5.56 Å². The molecule has 2 rings (SSSR count). The van der Waals surface area contributed by atoms with Gasteiger partial charge >= 0.3 is 5.69 Å². The lowest BCUT2D eigenvalue weighted by Gasteiger charge is -2.08. The fourth-order valence-electron chi connectivity index (χ4n) is 1.59. The van der Waals surface area contributed by atoms with Crippen LogP contribution in [-0.4, -0.2) is 9.97 Å². The Hall–Kier alpha value is -1.92. The van der Waals surface area contributed by atoms with Crippen molar-refractivity contribution in [2.45, 2.75) is 18.9 Å². The molecule has 80 valence electrons. The number of aromatic nitrogens is 2. The summed E-state index contributed by atoms with van der Waals surface area (Å²) in [6, 6.07) is -0.745. The van der Waals surface area contributed by atoms with Crippen LogP contribution in [0.5, 0.6) is 0 Å². The van der Waals surface area contributed by atoms with E-state index in [2.05, 4.69) is 10.2 Å². The first-order chi connectivity index (χ1) is 7.13. The molecule has 1 aromatic heterocycles. The lowest BCUT2D eigenvalue weighted by molar-refractivity contribution is 0.621. The highest BCUT2D eigenvalue weighted by molar-refractivity contribution is 5.40. The summed E-state index contributed by atoms with van der Waals surface area (Å²) in [5.74, 6) is 0.0112. The normalized spacial score (nSPS) is 17.3. The minimum absolute atomic E-state index is 0.0692. The smallest absolute Gasteiger partial charge is 0.327 e. The third-order valence-electron chi connectivity index (χ3n) is 2.49. The molecule has 0 saturated heterocycles. The first-order valence-corrected chi connectivity index (χ1v) is 4.58. The molecular formula is C8H10N4O3. The van der Waals surface area contributed by atoms with Gasteiger partial charge in [-0.15, -0.1) is 0 Å².